The topological polar surface area (TPSA) is 40.2 Å². The number of hydrogen-bond acceptors (Lipinski definition) is 3. The molecular formula is C26H16N2O2. The Balaban J connectivity index is 1.41. The summed E-state index contributed by atoms with van der Waals surface area (Å²) in [6.45, 7) is 0.552. The first-order chi connectivity index (χ1) is 14.8. The van der Waals surface area contributed by atoms with Crippen molar-refractivity contribution in [3.63, 3.8) is 0 Å². The Morgan fingerprint density at radius 2 is 1.53 bits per heavy atom. The third-order valence-corrected chi connectivity index (χ3v) is 5.92. The van der Waals surface area contributed by atoms with Crippen LogP contribution in [0.4, 0.5) is 0 Å². The summed E-state index contributed by atoms with van der Waals surface area (Å²) in [5.74, 6) is 0. The minimum absolute atomic E-state index is 0.552. The molecule has 0 saturated carbocycles. The van der Waals surface area contributed by atoms with E-state index in [0.29, 0.717) is 12.6 Å². The van der Waals surface area contributed by atoms with E-state index in [9.17, 15) is 0 Å². The van der Waals surface area contributed by atoms with Gasteiger partial charge in [-0.2, -0.15) is 4.98 Å². The van der Waals surface area contributed by atoms with Crippen LogP contribution in [0.25, 0.3) is 49.8 Å². The van der Waals surface area contributed by atoms with Crippen LogP contribution in [0.3, 0.4) is 0 Å². The van der Waals surface area contributed by atoms with E-state index in [2.05, 4.69) is 59.2 Å². The number of para-hydroxylation sites is 2. The quantitative estimate of drug-likeness (QED) is 0.323. The molecule has 30 heavy (non-hydrogen) atoms. The normalized spacial score (nSPS) is 12.8. The summed E-state index contributed by atoms with van der Waals surface area (Å²) in [5, 5.41) is 2.27. The summed E-state index contributed by atoms with van der Waals surface area (Å²) < 4.78 is 14.0. The fraction of sp³-hybridized carbons (Fsp3) is 0.0385. The third kappa shape index (κ3) is 2.13. The molecule has 4 aromatic carbocycles. The van der Waals surface area contributed by atoms with Gasteiger partial charge in [0.1, 0.15) is 17.8 Å². The summed E-state index contributed by atoms with van der Waals surface area (Å²) in [5.41, 5.74) is 8.38. The van der Waals surface area contributed by atoms with E-state index in [0.717, 1.165) is 49.8 Å². The molecule has 6 aromatic rings. The average Bonchev–Trinajstić information content (AvgIpc) is 3.36. The molecule has 2 aromatic heterocycles. The van der Waals surface area contributed by atoms with Crippen LogP contribution in [0.5, 0.6) is 6.01 Å². The number of fused-ring (bicyclic) bond motifs is 8. The lowest BCUT2D eigenvalue weighted by molar-refractivity contribution is 0.265. The highest BCUT2D eigenvalue weighted by Gasteiger charge is 2.21. The standard InChI is InChI=1S/C26H16N2O2/c1-3-7-22-18(5-1)15-29-26-27-21-14-17(9-11-23(21)28(22)26)16-10-12-25-20(13-16)19-6-2-4-8-24(19)30-25/h1-14H,15H2. The molecule has 4 nitrogen and oxygen atoms in total. The monoisotopic (exact) mass is 388 g/mol. The van der Waals surface area contributed by atoms with Gasteiger partial charge in [-0.1, -0.05) is 48.5 Å². The maximum Gasteiger partial charge on any atom is 0.302 e. The average molecular weight is 388 g/mol. The van der Waals surface area contributed by atoms with Crippen molar-refractivity contribution in [2.45, 2.75) is 6.61 Å². The molecule has 0 amide bonds. The van der Waals surface area contributed by atoms with Gasteiger partial charge in [-0.3, -0.25) is 4.57 Å². The molecule has 0 fully saturated rings. The molecule has 0 N–H and O–H groups in total. The smallest absolute Gasteiger partial charge is 0.302 e. The van der Waals surface area contributed by atoms with E-state index < -0.39 is 0 Å². The highest BCUT2D eigenvalue weighted by molar-refractivity contribution is 6.06. The van der Waals surface area contributed by atoms with Gasteiger partial charge in [-0.05, 0) is 47.5 Å². The van der Waals surface area contributed by atoms with E-state index in [1.807, 2.05) is 30.3 Å². The number of aromatic nitrogens is 2. The molecule has 0 bridgehead atoms. The SMILES string of the molecule is c1ccc2c(c1)COc1nc3cc(-c4ccc5oc6ccccc6c5c4)ccc3n1-2. The minimum Gasteiger partial charge on any atom is -0.459 e. The number of nitrogens with zero attached hydrogens (tertiary/aromatic N) is 2. The molecule has 1 aliphatic rings. The second-order valence-electron chi connectivity index (χ2n) is 7.66. The molecule has 0 atom stereocenters. The first-order valence-corrected chi connectivity index (χ1v) is 10.0. The lowest BCUT2D eigenvalue weighted by Crippen LogP contribution is -2.11. The molecule has 0 spiro atoms. The zero-order valence-electron chi connectivity index (χ0n) is 16.0. The number of furan rings is 1. The van der Waals surface area contributed by atoms with E-state index >= 15 is 0 Å². The van der Waals surface area contributed by atoms with Crippen LogP contribution in [0.15, 0.2) is 89.3 Å². The van der Waals surface area contributed by atoms with Crippen LogP contribution in [0, 0.1) is 0 Å². The summed E-state index contributed by atoms with van der Waals surface area (Å²) in [6.07, 6.45) is 0. The molecule has 1 aliphatic heterocycles. The molecule has 0 unspecified atom stereocenters. The third-order valence-electron chi connectivity index (χ3n) is 5.92. The molecule has 0 aliphatic carbocycles. The van der Waals surface area contributed by atoms with Gasteiger partial charge in [0.25, 0.3) is 0 Å². The van der Waals surface area contributed by atoms with Gasteiger partial charge in [-0.25, -0.2) is 0 Å². The van der Waals surface area contributed by atoms with Crippen LogP contribution in [0.2, 0.25) is 0 Å². The first-order valence-electron chi connectivity index (χ1n) is 10.0. The Bertz CT molecular complexity index is 1610. The maximum absolute atomic E-state index is 5.97. The zero-order valence-corrected chi connectivity index (χ0v) is 16.0. The van der Waals surface area contributed by atoms with E-state index in [-0.39, 0.29) is 0 Å². The fourth-order valence-corrected chi connectivity index (χ4v) is 4.47. The molecule has 142 valence electrons. The predicted molar refractivity (Wildman–Crippen MR) is 118 cm³/mol. The van der Waals surface area contributed by atoms with Crippen molar-refractivity contribution in [1.82, 2.24) is 9.55 Å². The highest BCUT2D eigenvalue weighted by Crippen LogP contribution is 2.36. The molecule has 3 heterocycles. The minimum atomic E-state index is 0.552. The first kappa shape index (κ1) is 15.8. The van der Waals surface area contributed by atoms with Crippen LogP contribution < -0.4 is 4.74 Å². The van der Waals surface area contributed by atoms with Gasteiger partial charge in [0.15, 0.2) is 0 Å². The summed E-state index contributed by atoms with van der Waals surface area (Å²) in [6, 6.07) is 29.9. The Morgan fingerprint density at radius 1 is 0.733 bits per heavy atom. The predicted octanol–water partition coefficient (Wildman–Crippen LogP) is 6.48. The summed E-state index contributed by atoms with van der Waals surface area (Å²) >= 11 is 0. The van der Waals surface area contributed by atoms with Gasteiger partial charge < -0.3 is 9.15 Å². The Kier molecular flexibility index (Phi) is 3.03. The van der Waals surface area contributed by atoms with Crippen LogP contribution in [-0.2, 0) is 6.61 Å². The van der Waals surface area contributed by atoms with Crippen LogP contribution in [0.1, 0.15) is 5.56 Å². The van der Waals surface area contributed by atoms with Gasteiger partial charge in [0.2, 0.25) is 0 Å². The molecule has 4 heteroatoms. The van der Waals surface area contributed by atoms with Gasteiger partial charge in [0.05, 0.1) is 16.7 Å². The lowest BCUT2D eigenvalue weighted by atomic mass is 10.0. The molecular weight excluding hydrogens is 372 g/mol. The van der Waals surface area contributed by atoms with E-state index in [4.69, 9.17) is 14.1 Å². The Hall–Kier alpha value is -4.05. The van der Waals surface area contributed by atoms with Gasteiger partial charge in [-0.15, -0.1) is 0 Å². The number of imidazole rings is 1. The number of hydrogen-bond donors (Lipinski definition) is 0. The Labute approximate surface area is 171 Å². The lowest BCUT2D eigenvalue weighted by Gasteiger charge is -2.19. The van der Waals surface area contributed by atoms with Gasteiger partial charge >= 0.3 is 6.01 Å². The van der Waals surface area contributed by atoms with Crippen molar-refractivity contribution in [1.29, 1.82) is 0 Å². The Morgan fingerprint density at radius 3 is 2.53 bits per heavy atom. The van der Waals surface area contributed by atoms with Crippen molar-refractivity contribution in [2.75, 3.05) is 0 Å². The highest BCUT2D eigenvalue weighted by atomic mass is 16.5. The molecule has 0 radical (unpaired) electrons. The van der Waals surface area contributed by atoms with Crippen molar-refractivity contribution in [3.8, 4) is 22.8 Å². The van der Waals surface area contributed by atoms with Crippen LogP contribution in [-0.4, -0.2) is 9.55 Å². The summed E-state index contributed by atoms with van der Waals surface area (Å²) in [4.78, 5) is 4.76. The summed E-state index contributed by atoms with van der Waals surface area (Å²) in [7, 11) is 0. The maximum atomic E-state index is 5.97. The zero-order chi connectivity index (χ0) is 19.7. The van der Waals surface area contributed by atoms with E-state index in [1.165, 1.54) is 5.56 Å². The molecule has 0 saturated heterocycles. The van der Waals surface area contributed by atoms with Crippen molar-refractivity contribution < 1.29 is 9.15 Å². The van der Waals surface area contributed by atoms with Crippen molar-refractivity contribution in [2.24, 2.45) is 0 Å². The second-order valence-corrected chi connectivity index (χ2v) is 7.66. The molecule has 7 rings (SSSR count). The van der Waals surface area contributed by atoms with E-state index in [1.54, 1.807) is 0 Å². The van der Waals surface area contributed by atoms with Crippen molar-refractivity contribution in [3.05, 3.63) is 90.5 Å². The fourth-order valence-electron chi connectivity index (χ4n) is 4.47. The number of ether oxygens (including phenoxy) is 1. The second kappa shape index (κ2) is 5.74. The van der Waals surface area contributed by atoms with Gasteiger partial charge in [0, 0.05) is 16.3 Å². The van der Waals surface area contributed by atoms with Crippen molar-refractivity contribution >= 4 is 33.0 Å². The largest absolute Gasteiger partial charge is 0.459 e. The number of rotatable bonds is 1. The number of benzene rings is 4. The van der Waals surface area contributed by atoms with Crippen LogP contribution >= 0.6 is 0 Å².